The van der Waals surface area contributed by atoms with Crippen LogP contribution in [0.4, 0.5) is 5.69 Å². The number of nitrogens with two attached hydrogens (primary N) is 2. The molecule has 0 aromatic heterocycles. The van der Waals surface area contributed by atoms with E-state index in [9.17, 15) is 43.2 Å². The fraction of sp³-hybridized carbons (Fsp3) is 0.471. The van der Waals surface area contributed by atoms with Crippen LogP contribution in [0.3, 0.4) is 0 Å². The van der Waals surface area contributed by atoms with Crippen LogP contribution in [0.15, 0.2) is 39.9 Å². The van der Waals surface area contributed by atoms with Crippen LogP contribution in [0, 0.1) is 11.3 Å². The Morgan fingerprint density at radius 3 is 2.02 bits per heavy atom. The third-order valence-electron chi connectivity index (χ3n) is 7.86. The Morgan fingerprint density at radius 2 is 1.44 bits per heavy atom. The molecule has 0 saturated heterocycles. The zero-order valence-electron chi connectivity index (χ0n) is 30.6. The van der Waals surface area contributed by atoms with E-state index >= 15 is 0 Å². The van der Waals surface area contributed by atoms with Gasteiger partial charge in [0.1, 0.15) is 29.9 Å². The van der Waals surface area contributed by atoms with Crippen LogP contribution in [0.2, 0.25) is 0 Å². The maximum Gasteiger partial charge on any atom is 0.305 e. The first kappa shape index (κ1) is 44.6. The van der Waals surface area contributed by atoms with E-state index < -0.39 is 102 Å². The summed E-state index contributed by atoms with van der Waals surface area (Å²) in [5, 5.41) is 33.6. The first-order valence-electron chi connectivity index (χ1n) is 17.2. The molecule has 4 atom stereocenters. The van der Waals surface area contributed by atoms with E-state index in [0.29, 0.717) is 5.56 Å². The normalized spacial score (nSPS) is 12.9. The molecule has 2 aromatic rings. The van der Waals surface area contributed by atoms with E-state index in [1.165, 1.54) is 0 Å². The van der Waals surface area contributed by atoms with Gasteiger partial charge in [-0.3, -0.25) is 48.6 Å². The van der Waals surface area contributed by atoms with Crippen molar-refractivity contribution >= 4 is 53.1 Å². The molecule has 0 bridgehead atoms. The summed E-state index contributed by atoms with van der Waals surface area (Å²) in [6.45, 7) is 3.92. The molecule has 6 amide bonds. The van der Waals surface area contributed by atoms with Crippen molar-refractivity contribution in [2.75, 3.05) is 31.6 Å². The molecule has 0 aliphatic rings. The summed E-state index contributed by atoms with van der Waals surface area (Å²) in [5.41, 5.74) is 9.28. The molecule has 21 heteroatoms. The van der Waals surface area contributed by atoms with Gasteiger partial charge in [-0.1, -0.05) is 44.2 Å². The molecule has 2 rings (SSSR count). The van der Waals surface area contributed by atoms with Crippen molar-refractivity contribution in [1.29, 1.82) is 5.41 Å². The summed E-state index contributed by atoms with van der Waals surface area (Å²) in [7, 11) is 0. The average Bonchev–Trinajstić information content (AvgIpc) is 3.12. The number of aliphatic carboxylic acids is 1. The molecule has 0 aliphatic heterocycles. The molecular formula is C34H48N10O11. The van der Waals surface area contributed by atoms with Crippen LogP contribution in [-0.4, -0.2) is 103 Å². The lowest BCUT2D eigenvalue weighted by Gasteiger charge is -2.27. The number of rotatable bonds is 24. The number of carboxylic acids is 1. The van der Waals surface area contributed by atoms with E-state index in [0.717, 1.165) is 0 Å². The summed E-state index contributed by atoms with van der Waals surface area (Å²) >= 11 is 0. The van der Waals surface area contributed by atoms with Crippen molar-refractivity contribution in [3.63, 3.8) is 0 Å². The Kier molecular flexibility index (Phi) is 17.7. The highest BCUT2D eigenvalue weighted by molar-refractivity contribution is 5.96. The van der Waals surface area contributed by atoms with Gasteiger partial charge in [-0.25, -0.2) is 0 Å². The number of benzene rings is 1. The molecule has 0 unspecified atom stereocenters. The van der Waals surface area contributed by atoms with Crippen molar-refractivity contribution in [1.82, 2.24) is 31.9 Å². The van der Waals surface area contributed by atoms with Gasteiger partial charge in [-0.2, -0.15) is 0 Å². The smallest absolute Gasteiger partial charge is 0.305 e. The zero-order valence-corrected chi connectivity index (χ0v) is 30.6. The van der Waals surface area contributed by atoms with E-state index in [1.54, 1.807) is 51.1 Å². The average molecular weight is 773 g/mol. The number of carbonyl (C=O) groups is 7. The second kappa shape index (κ2) is 21.9. The van der Waals surface area contributed by atoms with Gasteiger partial charge in [0.2, 0.25) is 35.4 Å². The predicted molar refractivity (Wildman–Crippen MR) is 197 cm³/mol. The van der Waals surface area contributed by atoms with Gasteiger partial charge in [0.15, 0.2) is 11.7 Å². The van der Waals surface area contributed by atoms with Crippen LogP contribution >= 0.6 is 0 Å². The molecule has 0 aliphatic carbocycles. The van der Waals surface area contributed by atoms with E-state index in [2.05, 4.69) is 37.2 Å². The summed E-state index contributed by atoms with van der Waals surface area (Å²) < 4.78 is 5.15. The predicted octanol–water partition coefficient (Wildman–Crippen LogP) is -3.73. The minimum absolute atomic E-state index is 0.00548. The number of anilines is 1. The van der Waals surface area contributed by atoms with Gasteiger partial charge in [-0.15, -0.1) is 0 Å². The number of nitrogens with one attached hydrogen (secondary N) is 8. The Labute approximate surface area is 315 Å². The number of carbonyl (C=O) groups excluding carboxylic acids is 6. The van der Waals surface area contributed by atoms with Gasteiger partial charge in [0.25, 0.3) is 10.9 Å². The van der Waals surface area contributed by atoms with Gasteiger partial charge >= 0.3 is 5.97 Å². The van der Waals surface area contributed by atoms with E-state index in [1.807, 2.05) is 0 Å². The highest BCUT2D eigenvalue weighted by Gasteiger charge is 2.32. The highest BCUT2D eigenvalue weighted by Crippen LogP contribution is 2.16. The first-order chi connectivity index (χ1) is 25.9. The van der Waals surface area contributed by atoms with Crippen LogP contribution < -0.4 is 64.3 Å². The standard InChI is InChI=1S/C34H48N10O11/c1-4-55-29-26(27(49)28(29)50)39-15-22(45)42-21(13-18-9-6-5-7-10-18)32(53)44-25(17(2)3)33(54)43-19(11-8-12-38-34(36)37)31(52)40-16-23(46)41-20(30(35)51)14-24(47)48/h5-7,9-10,17,19-21,25,39H,4,8,11-16H2,1-3H3,(H2,35,51)(H,40,52)(H,41,46)(H,42,45)(H,43,54)(H,44,53)(H,47,48)(H4,36,37,38)/t19-,20-,21+,25-/m0/s1. The molecule has 55 heavy (non-hydrogen) atoms. The van der Waals surface area contributed by atoms with Crippen LogP contribution in [0.1, 0.15) is 45.6 Å². The number of hydrogen-bond acceptors (Lipinski definition) is 12. The Hall–Kier alpha value is -6.54. The molecule has 2 aromatic carbocycles. The summed E-state index contributed by atoms with van der Waals surface area (Å²) in [6.07, 6.45) is -0.624. The van der Waals surface area contributed by atoms with Gasteiger partial charge in [0, 0.05) is 13.0 Å². The molecule has 13 N–H and O–H groups in total. The van der Waals surface area contributed by atoms with Gasteiger partial charge < -0.3 is 58.5 Å². The Morgan fingerprint density at radius 1 is 0.800 bits per heavy atom. The van der Waals surface area contributed by atoms with E-state index in [-0.39, 0.29) is 49.8 Å². The van der Waals surface area contributed by atoms with Crippen LogP contribution in [0.5, 0.6) is 5.75 Å². The van der Waals surface area contributed by atoms with Crippen molar-refractivity contribution < 1.29 is 43.4 Å². The fourth-order valence-corrected chi connectivity index (χ4v) is 5.07. The monoisotopic (exact) mass is 772 g/mol. The second-order valence-corrected chi connectivity index (χ2v) is 12.6. The van der Waals surface area contributed by atoms with Crippen LogP contribution in [-0.2, 0) is 40.0 Å². The minimum atomic E-state index is -1.54. The second-order valence-electron chi connectivity index (χ2n) is 12.6. The molecule has 0 saturated carbocycles. The molecular weight excluding hydrogens is 724 g/mol. The molecule has 21 nitrogen and oxygen atoms in total. The molecule has 0 heterocycles. The molecule has 0 spiro atoms. The number of hydrogen-bond donors (Lipinski definition) is 11. The van der Waals surface area contributed by atoms with Crippen molar-refractivity contribution in [2.45, 2.75) is 70.6 Å². The lowest BCUT2D eigenvalue weighted by atomic mass is 10.00. The van der Waals surface area contributed by atoms with Crippen molar-refractivity contribution in [2.24, 2.45) is 17.4 Å². The molecule has 0 radical (unpaired) electrons. The lowest BCUT2D eigenvalue weighted by molar-refractivity contribution is -0.140. The third-order valence-corrected chi connectivity index (χ3v) is 7.86. The zero-order chi connectivity index (χ0) is 41.2. The molecule has 0 fully saturated rings. The SMILES string of the molecule is CCOc1c(NCC(=O)N[C@H](Cc2ccccc2)C(=O)N[C@H](C(=O)N[C@@H](CCCNC(=N)N)C(=O)NCC(=O)N[C@@H](CC(=O)O)C(N)=O)C(C)C)c(=O)c1=O. The number of amides is 6. The summed E-state index contributed by atoms with van der Waals surface area (Å²) in [5.74, 6) is -7.64. The maximum atomic E-state index is 13.7. The lowest BCUT2D eigenvalue weighted by Crippen LogP contribution is -2.59. The fourth-order valence-electron chi connectivity index (χ4n) is 5.07. The maximum absolute atomic E-state index is 13.7. The van der Waals surface area contributed by atoms with Crippen molar-refractivity contribution in [3.8, 4) is 5.75 Å². The topological polar surface area (TPSA) is 343 Å². The van der Waals surface area contributed by atoms with E-state index in [4.69, 9.17) is 26.7 Å². The Balaban J connectivity index is 2.21. The van der Waals surface area contributed by atoms with Crippen molar-refractivity contribution in [3.05, 3.63) is 56.3 Å². The number of carboxylic acid groups (broad SMARTS) is 1. The summed E-state index contributed by atoms with van der Waals surface area (Å²) in [4.78, 5) is 112. The first-order valence-corrected chi connectivity index (χ1v) is 17.2. The molecule has 300 valence electrons. The third kappa shape index (κ3) is 14.8. The number of primary amides is 1. The van der Waals surface area contributed by atoms with Gasteiger partial charge in [0.05, 0.1) is 26.1 Å². The quantitative estimate of drug-likeness (QED) is 0.0212. The van der Waals surface area contributed by atoms with Gasteiger partial charge in [-0.05, 0) is 31.2 Å². The minimum Gasteiger partial charge on any atom is -0.488 e. The number of guanidine groups is 1. The van der Waals surface area contributed by atoms with Crippen LogP contribution in [0.25, 0.3) is 0 Å². The largest absolute Gasteiger partial charge is 0.488 e. The summed E-state index contributed by atoms with van der Waals surface area (Å²) in [6, 6.07) is 3.34. The number of ether oxygens (including phenoxy) is 1. The Bertz CT molecular complexity index is 1780. The highest BCUT2D eigenvalue weighted by atomic mass is 16.5.